The standard InChI is InChI=1S/C10H11F3OS/c1-2-3-7-6-8(4-5-9(7)14)15-10(11,12)13/h4-6,14H,2-3H2,1H3. The fourth-order valence-electron chi connectivity index (χ4n) is 1.23. The molecule has 0 atom stereocenters. The minimum Gasteiger partial charge on any atom is -0.508 e. The highest BCUT2D eigenvalue weighted by molar-refractivity contribution is 8.00. The first kappa shape index (κ1) is 12.2. The Balaban J connectivity index is 2.87. The molecule has 84 valence electrons. The van der Waals surface area contributed by atoms with Gasteiger partial charge in [0, 0.05) is 4.90 Å². The van der Waals surface area contributed by atoms with Gasteiger partial charge in [-0.3, -0.25) is 0 Å². The van der Waals surface area contributed by atoms with E-state index >= 15 is 0 Å². The zero-order chi connectivity index (χ0) is 11.5. The molecule has 0 aromatic heterocycles. The van der Waals surface area contributed by atoms with Gasteiger partial charge in [0.05, 0.1) is 0 Å². The summed E-state index contributed by atoms with van der Waals surface area (Å²) in [4.78, 5) is 0.115. The van der Waals surface area contributed by atoms with Crippen LogP contribution in [-0.2, 0) is 6.42 Å². The molecule has 0 heterocycles. The Morgan fingerprint density at radius 1 is 1.33 bits per heavy atom. The van der Waals surface area contributed by atoms with E-state index in [2.05, 4.69) is 0 Å². The van der Waals surface area contributed by atoms with E-state index < -0.39 is 5.51 Å². The second-order valence-electron chi connectivity index (χ2n) is 3.09. The van der Waals surface area contributed by atoms with Crippen molar-refractivity contribution in [3.63, 3.8) is 0 Å². The number of aromatic hydroxyl groups is 1. The van der Waals surface area contributed by atoms with E-state index in [4.69, 9.17) is 0 Å². The molecule has 0 amide bonds. The summed E-state index contributed by atoms with van der Waals surface area (Å²) < 4.78 is 36.2. The predicted octanol–water partition coefficient (Wildman–Crippen LogP) is 3.96. The molecule has 0 spiro atoms. The van der Waals surface area contributed by atoms with E-state index in [-0.39, 0.29) is 22.4 Å². The second kappa shape index (κ2) is 4.79. The first-order chi connectivity index (χ1) is 6.92. The maximum atomic E-state index is 12.1. The summed E-state index contributed by atoms with van der Waals surface area (Å²) in [7, 11) is 0. The summed E-state index contributed by atoms with van der Waals surface area (Å²) in [6.07, 6.45) is 1.37. The third-order valence-corrected chi connectivity index (χ3v) is 2.52. The quantitative estimate of drug-likeness (QED) is 0.802. The fourth-order valence-corrected chi connectivity index (χ4v) is 1.83. The summed E-state index contributed by atoms with van der Waals surface area (Å²) in [6.45, 7) is 1.91. The Kier molecular flexibility index (Phi) is 3.90. The van der Waals surface area contributed by atoms with Crippen molar-refractivity contribution in [3.05, 3.63) is 23.8 Å². The Bertz CT molecular complexity index is 336. The summed E-state index contributed by atoms with van der Waals surface area (Å²) >= 11 is -0.162. The summed E-state index contributed by atoms with van der Waals surface area (Å²) in [5.41, 5.74) is -3.72. The van der Waals surface area contributed by atoms with Gasteiger partial charge in [0.2, 0.25) is 0 Å². The SMILES string of the molecule is CCCc1cc(SC(F)(F)F)ccc1O. The number of hydrogen-bond donors (Lipinski definition) is 1. The van der Waals surface area contributed by atoms with Crippen LogP contribution in [0.2, 0.25) is 0 Å². The highest BCUT2D eigenvalue weighted by Crippen LogP contribution is 2.38. The van der Waals surface area contributed by atoms with Crippen LogP contribution in [0.15, 0.2) is 23.1 Å². The van der Waals surface area contributed by atoms with Crippen LogP contribution in [0, 0.1) is 0 Å². The normalized spacial score (nSPS) is 11.7. The minimum atomic E-state index is -4.28. The minimum absolute atomic E-state index is 0.0587. The Morgan fingerprint density at radius 2 is 2.00 bits per heavy atom. The molecular formula is C10H11F3OS. The highest BCUT2D eigenvalue weighted by Gasteiger charge is 2.29. The van der Waals surface area contributed by atoms with Gasteiger partial charge in [-0.2, -0.15) is 13.2 Å². The number of thioether (sulfide) groups is 1. The molecule has 0 aliphatic rings. The maximum Gasteiger partial charge on any atom is 0.446 e. The smallest absolute Gasteiger partial charge is 0.446 e. The van der Waals surface area contributed by atoms with Gasteiger partial charge in [-0.1, -0.05) is 13.3 Å². The molecule has 0 aliphatic heterocycles. The van der Waals surface area contributed by atoms with Crippen LogP contribution in [-0.4, -0.2) is 10.6 Å². The molecule has 1 aromatic carbocycles. The van der Waals surface area contributed by atoms with Gasteiger partial charge in [0.1, 0.15) is 5.75 Å². The van der Waals surface area contributed by atoms with Crippen LogP contribution in [0.1, 0.15) is 18.9 Å². The van der Waals surface area contributed by atoms with Gasteiger partial charge in [0.25, 0.3) is 0 Å². The van der Waals surface area contributed by atoms with Crippen molar-refractivity contribution in [3.8, 4) is 5.75 Å². The van der Waals surface area contributed by atoms with Crippen molar-refractivity contribution in [1.29, 1.82) is 0 Å². The molecule has 0 saturated carbocycles. The second-order valence-corrected chi connectivity index (χ2v) is 4.23. The van der Waals surface area contributed by atoms with E-state index in [0.29, 0.717) is 12.0 Å². The topological polar surface area (TPSA) is 20.2 Å². The van der Waals surface area contributed by atoms with Crippen molar-refractivity contribution in [2.45, 2.75) is 30.2 Å². The summed E-state index contributed by atoms with van der Waals surface area (Å²) in [6, 6.07) is 3.96. The van der Waals surface area contributed by atoms with Crippen molar-refractivity contribution >= 4 is 11.8 Å². The first-order valence-corrected chi connectivity index (χ1v) is 5.31. The Hall–Kier alpha value is -0.840. The number of benzene rings is 1. The van der Waals surface area contributed by atoms with Crippen LogP contribution < -0.4 is 0 Å². The molecule has 1 rings (SSSR count). The van der Waals surface area contributed by atoms with Gasteiger partial charge >= 0.3 is 5.51 Å². The first-order valence-electron chi connectivity index (χ1n) is 4.50. The molecule has 0 bridgehead atoms. The van der Waals surface area contributed by atoms with E-state index in [9.17, 15) is 18.3 Å². The lowest BCUT2D eigenvalue weighted by Crippen LogP contribution is -1.99. The lowest BCUT2D eigenvalue weighted by atomic mass is 10.1. The maximum absolute atomic E-state index is 12.1. The molecule has 0 radical (unpaired) electrons. The van der Waals surface area contributed by atoms with E-state index in [1.54, 1.807) is 0 Å². The number of hydrogen-bond acceptors (Lipinski definition) is 2. The zero-order valence-electron chi connectivity index (χ0n) is 8.14. The molecular weight excluding hydrogens is 225 g/mol. The van der Waals surface area contributed by atoms with E-state index in [0.717, 1.165) is 6.42 Å². The molecule has 5 heteroatoms. The van der Waals surface area contributed by atoms with Gasteiger partial charge < -0.3 is 5.11 Å². The highest BCUT2D eigenvalue weighted by atomic mass is 32.2. The van der Waals surface area contributed by atoms with E-state index in [1.165, 1.54) is 18.2 Å². The van der Waals surface area contributed by atoms with Crippen LogP contribution in [0.4, 0.5) is 13.2 Å². The number of alkyl halides is 3. The van der Waals surface area contributed by atoms with Gasteiger partial charge in [0.15, 0.2) is 0 Å². The molecule has 0 fully saturated rings. The van der Waals surface area contributed by atoms with Gasteiger partial charge in [-0.15, -0.1) is 0 Å². The van der Waals surface area contributed by atoms with Gasteiger partial charge in [-0.05, 0) is 41.9 Å². The largest absolute Gasteiger partial charge is 0.508 e. The lowest BCUT2D eigenvalue weighted by molar-refractivity contribution is -0.0328. The number of rotatable bonds is 3. The summed E-state index contributed by atoms with van der Waals surface area (Å²) in [5.74, 6) is 0.0587. The number of phenolic OH excluding ortho intramolecular Hbond substituents is 1. The molecule has 1 N–H and O–H groups in total. The van der Waals surface area contributed by atoms with Gasteiger partial charge in [-0.25, -0.2) is 0 Å². The Labute approximate surface area is 90.3 Å². The van der Waals surface area contributed by atoms with Crippen LogP contribution >= 0.6 is 11.8 Å². The van der Waals surface area contributed by atoms with Crippen molar-refractivity contribution in [2.24, 2.45) is 0 Å². The number of phenols is 1. The Morgan fingerprint density at radius 3 is 2.53 bits per heavy atom. The third kappa shape index (κ3) is 4.03. The van der Waals surface area contributed by atoms with Crippen LogP contribution in [0.5, 0.6) is 5.75 Å². The lowest BCUT2D eigenvalue weighted by Gasteiger charge is -2.08. The third-order valence-electron chi connectivity index (χ3n) is 1.80. The number of halogens is 3. The van der Waals surface area contributed by atoms with Crippen molar-refractivity contribution in [1.82, 2.24) is 0 Å². The van der Waals surface area contributed by atoms with E-state index in [1.807, 2.05) is 6.92 Å². The number of aryl methyl sites for hydroxylation is 1. The molecule has 0 unspecified atom stereocenters. The average molecular weight is 236 g/mol. The monoisotopic (exact) mass is 236 g/mol. The van der Waals surface area contributed by atoms with Crippen molar-refractivity contribution in [2.75, 3.05) is 0 Å². The van der Waals surface area contributed by atoms with Crippen molar-refractivity contribution < 1.29 is 18.3 Å². The molecule has 1 aromatic rings. The fraction of sp³-hybridized carbons (Fsp3) is 0.400. The van der Waals surface area contributed by atoms with Crippen LogP contribution in [0.3, 0.4) is 0 Å². The van der Waals surface area contributed by atoms with Crippen LogP contribution in [0.25, 0.3) is 0 Å². The molecule has 0 aliphatic carbocycles. The molecule has 0 saturated heterocycles. The zero-order valence-corrected chi connectivity index (χ0v) is 8.95. The molecule has 1 nitrogen and oxygen atoms in total. The summed E-state index contributed by atoms with van der Waals surface area (Å²) in [5, 5.41) is 9.37. The average Bonchev–Trinajstić information content (AvgIpc) is 2.09. The predicted molar refractivity (Wildman–Crippen MR) is 54.0 cm³/mol. The molecule has 15 heavy (non-hydrogen) atoms.